The second-order valence-corrected chi connectivity index (χ2v) is 40.8. The normalized spacial score (nSPS) is 19.6. The van der Waals surface area contributed by atoms with Gasteiger partial charge in [0.15, 0.2) is 45.2 Å². The van der Waals surface area contributed by atoms with Gasteiger partial charge < -0.3 is 19.9 Å². The number of carboxylic acids is 3. The van der Waals surface area contributed by atoms with Gasteiger partial charge in [0.05, 0.1) is 119 Å². The predicted octanol–water partition coefficient (Wildman–Crippen LogP) is 18.5. The first-order chi connectivity index (χ1) is 66.7. The number of hydrogen-bond donors (Lipinski definition) is 7. The van der Waals surface area contributed by atoms with E-state index in [1.54, 1.807) is 42.8 Å². The Labute approximate surface area is 790 Å². The summed E-state index contributed by atoms with van der Waals surface area (Å²) in [6.45, 7) is 13.5. The zero-order chi connectivity index (χ0) is 95.2. The zero-order valence-electron chi connectivity index (χ0n) is 77.6. The first-order valence-corrected chi connectivity index (χ1v) is 48.6. The number of aryl methyl sites for hydroxylation is 5. The molecule has 698 valence electrons. The summed E-state index contributed by atoms with van der Waals surface area (Å²) in [5, 5.41) is 82.9. The lowest BCUT2D eigenvalue weighted by Gasteiger charge is -2.34. The van der Waals surface area contributed by atoms with Crippen molar-refractivity contribution in [2.45, 2.75) is 163 Å². The highest BCUT2D eigenvalue weighted by Crippen LogP contribution is 2.48. The number of nitrogens with one attached hydrogen (secondary N) is 4. The summed E-state index contributed by atoms with van der Waals surface area (Å²) in [4.78, 5) is 78.5. The summed E-state index contributed by atoms with van der Waals surface area (Å²) in [5.74, 6) is -0.840. The number of para-hydroxylation sites is 1. The SMILES string of the molecule is Cc1[nH]nc2c1c(C1CCCC(C)(C(=O)O)C1)nc1c(-c3ccc(-c4cccnc4)nc3)cnn12.Cc1[nH]nc2c1c(C1CCS(=O)(=O)CC1)nc1c(-c3cnc4ccccc4c3)cnn12.Cc1[nH]nc2c1c(CC1CCC(C)(C(=O)O)CC1)nc1c(-c3ccc(-c4ccccc4)nc3)cnn12.Cc1[nH]nc2c1c(CC1CCC(C)(C(=O)O)CC1)nc1c(-c3ccc(-c4ccn(C)c4)nc3)cnn12. The molecule has 18 aromatic heterocycles. The van der Waals surface area contributed by atoms with Gasteiger partial charge in [-0.25, -0.2) is 28.4 Å². The van der Waals surface area contributed by atoms with Crippen molar-refractivity contribution in [3.05, 3.63) is 235 Å². The third-order valence-electron chi connectivity index (χ3n) is 29.0. The number of fused-ring (bicyclic) bond motifs is 13. The molecule has 4 fully saturated rings. The Bertz CT molecular complexity index is 8190. The maximum absolute atomic E-state index is 12.0. The maximum atomic E-state index is 12.0. The number of carbonyl (C=O) groups is 3. The van der Waals surface area contributed by atoms with Crippen LogP contribution < -0.4 is 0 Å². The van der Waals surface area contributed by atoms with Gasteiger partial charge in [-0.3, -0.25) is 59.7 Å². The van der Waals surface area contributed by atoms with Crippen LogP contribution in [0.1, 0.15) is 168 Å². The maximum Gasteiger partial charge on any atom is 0.309 e. The lowest BCUT2D eigenvalue weighted by molar-refractivity contribution is -0.151. The van der Waals surface area contributed by atoms with Gasteiger partial charge in [0.25, 0.3) is 0 Å². The number of aliphatic carboxylic acids is 3. The van der Waals surface area contributed by atoms with Gasteiger partial charge in [0.2, 0.25) is 0 Å². The molecule has 35 heteroatoms. The van der Waals surface area contributed by atoms with Gasteiger partial charge in [0.1, 0.15) is 9.84 Å². The minimum Gasteiger partial charge on any atom is -0.481 e. The molecule has 3 aliphatic carbocycles. The van der Waals surface area contributed by atoms with E-state index >= 15 is 0 Å². The van der Waals surface area contributed by atoms with Crippen molar-refractivity contribution in [3.8, 4) is 78.3 Å². The summed E-state index contributed by atoms with van der Waals surface area (Å²) in [6, 6.07) is 38.2. The zero-order valence-corrected chi connectivity index (χ0v) is 78.4. The van der Waals surface area contributed by atoms with Crippen LogP contribution in [0.25, 0.3) is 156 Å². The van der Waals surface area contributed by atoms with Crippen LogP contribution in [0, 0.1) is 55.8 Å². The quantitative estimate of drug-likeness (QED) is 0.0472. The van der Waals surface area contributed by atoms with Crippen molar-refractivity contribution < 1.29 is 38.1 Å². The Hall–Kier alpha value is -15.6. The number of hydrogen-bond acceptors (Lipinski definition) is 22. The van der Waals surface area contributed by atoms with E-state index in [1.807, 2.05) is 207 Å². The number of pyridine rings is 5. The van der Waals surface area contributed by atoms with Crippen molar-refractivity contribution in [3.63, 3.8) is 0 Å². The van der Waals surface area contributed by atoms with Crippen molar-refractivity contribution in [2.75, 3.05) is 11.5 Å². The van der Waals surface area contributed by atoms with Crippen molar-refractivity contribution >= 4 is 105 Å². The molecule has 24 rings (SSSR count). The summed E-state index contributed by atoms with van der Waals surface area (Å²) < 4.78 is 33.0. The Morgan fingerprint density at radius 3 is 1.28 bits per heavy atom. The van der Waals surface area contributed by atoms with Gasteiger partial charge in [-0.1, -0.05) is 73.2 Å². The molecule has 1 saturated heterocycles. The smallest absolute Gasteiger partial charge is 0.309 e. The molecule has 20 aromatic rings. The van der Waals surface area contributed by atoms with Gasteiger partial charge in [-0.15, -0.1) is 0 Å². The molecule has 7 N–H and O–H groups in total. The van der Waals surface area contributed by atoms with Crippen LogP contribution in [0.15, 0.2) is 190 Å². The molecule has 3 saturated carbocycles. The summed E-state index contributed by atoms with van der Waals surface area (Å²) >= 11 is 0. The molecule has 2 unspecified atom stereocenters. The lowest BCUT2D eigenvalue weighted by Crippen LogP contribution is -2.33. The lowest BCUT2D eigenvalue weighted by atomic mass is 9.69. The monoisotopic (exact) mass is 1860 g/mol. The number of sulfone groups is 1. The fraction of sp³-hybridized carbons (Fsp3) is 0.320. The molecule has 0 bridgehead atoms. The molecular formula is C103H102N26O8S. The van der Waals surface area contributed by atoms with E-state index in [-0.39, 0.29) is 23.3 Å². The molecule has 34 nitrogen and oxygen atoms in total. The minimum atomic E-state index is -2.95. The second-order valence-electron chi connectivity index (χ2n) is 38.5. The van der Waals surface area contributed by atoms with Gasteiger partial charge in [0, 0.05) is 158 Å². The Morgan fingerprint density at radius 1 is 0.406 bits per heavy atom. The minimum absolute atomic E-state index is 0.0301. The van der Waals surface area contributed by atoms with Crippen LogP contribution in [-0.2, 0) is 44.1 Å². The molecule has 19 heterocycles. The fourth-order valence-electron chi connectivity index (χ4n) is 20.7. The van der Waals surface area contributed by atoms with Crippen LogP contribution in [0.3, 0.4) is 0 Å². The van der Waals surface area contributed by atoms with E-state index in [1.165, 1.54) is 0 Å². The van der Waals surface area contributed by atoms with Crippen molar-refractivity contribution in [1.82, 2.24) is 129 Å². The second kappa shape index (κ2) is 35.6. The van der Waals surface area contributed by atoms with Crippen LogP contribution in [0.2, 0.25) is 0 Å². The number of aromatic nitrogens is 26. The van der Waals surface area contributed by atoms with Gasteiger partial charge in [-0.2, -0.15) is 58.9 Å². The summed E-state index contributed by atoms with van der Waals surface area (Å²) in [6.07, 6.45) is 34.2. The molecule has 1 aliphatic heterocycles. The van der Waals surface area contributed by atoms with E-state index in [0.29, 0.717) is 85.8 Å². The molecule has 2 atom stereocenters. The molecule has 138 heavy (non-hydrogen) atoms. The highest BCUT2D eigenvalue weighted by atomic mass is 32.2. The van der Waals surface area contributed by atoms with E-state index < -0.39 is 44.0 Å². The predicted molar refractivity (Wildman–Crippen MR) is 523 cm³/mol. The van der Waals surface area contributed by atoms with E-state index in [0.717, 1.165) is 230 Å². The molecular weight excluding hydrogens is 1760 g/mol. The van der Waals surface area contributed by atoms with E-state index in [9.17, 15) is 38.1 Å². The average molecular weight is 1860 g/mol. The molecule has 0 radical (unpaired) electrons. The number of nitrogens with zero attached hydrogens (tertiary/aromatic N) is 22. The summed E-state index contributed by atoms with van der Waals surface area (Å²) in [7, 11) is -0.959. The van der Waals surface area contributed by atoms with Gasteiger partial charge >= 0.3 is 17.9 Å². The van der Waals surface area contributed by atoms with Gasteiger partial charge in [-0.05, 0) is 205 Å². The topological polar surface area (TPSA) is 451 Å². The molecule has 0 spiro atoms. The Kier molecular flexibility index (Phi) is 23.0. The van der Waals surface area contributed by atoms with E-state index in [4.69, 9.17) is 19.9 Å². The number of aromatic amines is 4. The first kappa shape index (κ1) is 89.0. The molecule has 2 aromatic carbocycles. The van der Waals surface area contributed by atoms with Crippen molar-refractivity contribution in [1.29, 1.82) is 0 Å². The highest BCUT2D eigenvalue weighted by molar-refractivity contribution is 7.91. The molecule has 0 amide bonds. The first-order valence-electron chi connectivity index (χ1n) is 46.8. The van der Waals surface area contributed by atoms with Crippen molar-refractivity contribution in [2.24, 2.45) is 35.1 Å². The Morgan fingerprint density at radius 2 is 0.826 bits per heavy atom. The Balaban J connectivity index is 0.000000110. The number of H-pyrrole nitrogens is 4. The van der Waals surface area contributed by atoms with Crippen LogP contribution in [0.5, 0.6) is 0 Å². The van der Waals surface area contributed by atoms with Crippen LogP contribution in [-0.4, -0.2) is 182 Å². The highest BCUT2D eigenvalue weighted by Gasteiger charge is 2.43. The average Bonchev–Trinajstić information content (AvgIpc) is 1.58. The van der Waals surface area contributed by atoms with Crippen LogP contribution >= 0.6 is 0 Å². The largest absolute Gasteiger partial charge is 0.481 e. The van der Waals surface area contributed by atoms with E-state index in [2.05, 4.69) is 104 Å². The summed E-state index contributed by atoms with van der Waals surface area (Å²) in [5.41, 5.74) is 25.4. The van der Waals surface area contributed by atoms with Crippen LogP contribution in [0.4, 0.5) is 0 Å². The third kappa shape index (κ3) is 16.6. The number of carboxylic acid groups (broad SMARTS) is 3. The molecule has 4 aliphatic rings. The fourth-order valence-corrected chi connectivity index (χ4v) is 22.2. The number of benzene rings is 2. The third-order valence-corrected chi connectivity index (χ3v) is 30.7. The number of rotatable bonds is 16. The standard InChI is InChI=1S/C28H28N6O2.C27H29N7O2.C26H25N7O2.C22H20N6O2S/c1-17-24-23(14-18-10-12-28(2,13-11-18)27(35)36)31-25-21(16-30-34(25)26(24)33-32-17)20-8-9-22(29-15-20)19-6-4-3-5-7-19;1-16-23-22(12-17-6-9-27(2,10-7-17)26(35)36)30-24-20(14-29-34(24)25(23)32-31-16)18-4-5-21(28-13-18)19-8-11-33(3)15-19;1-15-21-22(16-5-3-9-26(2,11-16)25(34)35)30-23-19(14-29-33(23)24(21)32-31-15)17-7-8-20(28-13-17)18-6-4-10-27-12-18;1-13-19-20(14-6-8-31(29,30)9-7-14)25-21-17(12-24-28(21)22(19)27-26-13)16-10-15-4-2-3-5-18(15)23-11-16/h3-9,15-16,18H,10-14H2,1-2H3,(H,32,33)(H,35,36);4-5,8,11,13-15,17H,6-7,9-10,12H2,1-3H3,(H,31,32)(H,35,36);4,6-8,10,12-14,16H,3,5,9,11H2,1-2H3,(H,31,32)(H,34,35);2-5,10-12,14H,6-9H2,1H3,(H,26,27).